The molecule has 4 heteroatoms. The summed E-state index contributed by atoms with van der Waals surface area (Å²) in [6.07, 6.45) is 4.89. The fourth-order valence-electron chi connectivity index (χ4n) is 3.40. The Morgan fingerprint density at radius 2 is 2.09 bits per heavy atom. The molecule has 1 aromatic rings. The van der Waals surface area contributed by atoms with Gasteiger partial charge in [-0.1, -0.05) is 24.3 Å². The summed E-state index contributed by atoms with van der Waals surface area (Å²) in [4.78, 5) is 6.89. The Kier molecular flexibility index (Phi) is 5.21. The minimum Gasteiger partial charge on any atom is -0.382 e. The highest BCUT2D eigenvalue weighted by atomic mass is 16.5. The Labute approximate surface area is 139 Å². The Morgan fingerprint density at radius 3 is 2.78 bits per heavy atom. The van der Waals surface area contributed by atoms with E-state index in [1.54, 1.807) is 0 Å². The summed E-state index contributed by atoms with van der Waals surface area (Å²) >= 11 is 0. The average Bonchev–Trinajstić information content (AvgIpc) is 3.36. The maximum Gasteiger partial charge on any atom is 0.193 e. The molecule has 1 N–H and O–H groups in total. The fraction of sp³-hybridized carbons (Fsp3) is 0.632. The van der Waals surface area contributed by atoms with Crippen LogP contribution in [0.1, 0.15) is 37.3 Å². The van der Waals surface area contributed by atoms with Crippen LogP contribution in [0.2, 0.25) is 0 Å². The Bertz CT molecular complexity index is 551. The van der Waals surface area contributed by atoms with Gasteiger partial charge in [0.25, 0.3) is 0 Å². The predicted molar refractivity (Wildman–Crippen MR) is 94.7 cm³/mol. The van der Waals surface area contributed by atoms with Crippen LogP contribution in [0.3, 0.4) is 0 Å². The van der Waals surface area contributed by atoms with Gasteiger partial charge in [0, 0.05) is 39.9 Å². The number of nitrogens with one attached hydrogen (secondary N) is 1. The normalized spacial score (nSPS) is 19.4. The van der Waals surface area contributed by atoms with Crippen molar-refractivity contribution < 1.29 is 4.74 Å². The minimum atomic E-state index is 0.443. The van der Waals surface area contributed by atoms with Crippen molar-refractivity contribution in [3.63, 3.8) is 0 Å². The van der Waals surface area contributed by atoms with Gasteiger partial charge < -0.3 is 15.0 Å². The number of hydrogen-bond acceptors (Lipinski definition) is 2. The van der Waals surface area contributed by atoms with Crippen LogP contribution in [0.15, 0.2) is 29.3 Å². The standard InChI is InChI=1S/C19H29N3O/c1-3-23-13-11-19(9-10-19)15-21-18(20-2)22-12-8-16-6-4-5-7-17(16)14-22/h4-7H,3,8-15H2,1-2H3,(H,20,21). The van der Waals surface area contributed by atoms with E-state index in [9.17, 15) is 0 Å². The molecule has 0 saturated heterocycles. The van der Waals surface area contributed by atoms with Gasteiger partial charge in [-0.2, -0.15) is 0 Å². The fourth-order valence-corrected chi connectivity index (χ4v) is 3.40. The van der Waals surface area contributed by atoms with Crippen LogP contribution in [0.4, 0.5) is 0 Å². The predicted octanol–water partition coefficient (Wildman–Crippen LogP) is 2.83. The monoisotopic (exact) mass is 315 g/mol. The number of nitrogens with zero attached hydrogens (tertiary/aromatic N) is 2. The van der Waals surface area contributed by atoms with Gasteiger partial charge in [0.1, 0.15) is 0 Å². The highest BCUT2D eigenvalue weighted by molar-refractivity contribution is 5.80. The van der Waals surface area contributed by atoms with Gasteiger partial charge in [-0.15, -0.1) is 0 Å². The van der Waals surface area contributed by atoms with Gasteiger partial charge in [-0.3, -0.25) is 4.99 Å². The molecule has 0 radical (unpaired) electrons. The summed E-state index contributed by atoms with van der Waals surface area (Å²) in [5.74, 6) is 1.04. The van der Waals surface area contributed by atoms with Crippen molar-refractivity contribution in [2.75, 3.05) is 33.4 Å². The van der Waals surface area contributed by atoms with Crippen molar-refractivity contribution in [2.24, 2.45) is 10.4 Å². The quantitative estimate of drug-likeness (QED) is 0.498. The van der Waals surface area contributed by atoms with Crippen molar-refractivity contribution >= 4 is 5.96 Å². The van der Waals surface area contributed by atoms with E-state index in [1.807, 2.05) is 7.05 Å². The number of ether oxygens (including phenoxy) is 1. The molecule has 0 amide bonds. The highest BCUT2D eigenvalue weighted by Crippen LogP contribution is 2.48. The van der Waals surface area contributed by atoms with Crippen LogP contribution in [-0.4, -0.2) is 44.2 Å². The molecule has 0 atom stereocenters. The minimum absolute atomic E-state index is 0.443. The van der Waals surface area contributed by atoms with Gasteiger partial charge in [-0.25, -0.2) is 0 Å². The zero-order valence-electron chi connectivity index (χ0n) is 14.5. The molecule has 1 aliphatic carbocycles. The third-order valence-electron chi connectivity index (χ3n) is 5.20. The van der Waals surface area contributed by atoms with Crippen LogP contribution >= 0.6 is 0 Å². The molecule has 0 bridgehead atoms. The molecule has 2 aliphatic rings. The van der Waals surface area contributed by atoms with Crippen LogP contribution in [0.5, 0.6) is 0 Å². The summed E-state index contributed by atoms with van der Waals surface area (Å²) < 4.78 is 5.53. The second-order valence-corrected chi connectivity index (χ2v) is 6.79. The van der Waals surface area contributed by atoms with E-state index in [4.69, 9.17) is 4.74 Å². The van der Waals surface area contributed by atoms with E-state index in [-0.39, 0.29) is 0 Å². The molecule has 1 aromatic carbocycles. The smallest absolute Gasteiger partial charge is 0.193 e. The van der Waals surface area contributed by atoms with E-state index in [2.05, 4.69) is 46.4 Å². The molecule has 0 aromatic heterocycles. The maximum atomic E-state index is 5.53. The zero-order chi connectivity index (χ0) is 16.1. The Morgan fingerprint density at radius 1 is 1.30 bits per heavy atom. The lowest BCUT2D eigenvalue weighted by Crippen LogP contribution is -2.45. The molecule has 23 heavy (non-hydrogen) atoms. The van der Waals surface area contributed by atoms with Crippen LogP contribution in [-0.2, 0) is 17.7 Å². The van der Waals surface area contributed by atoms with Crippen molar-refractivity contribution in [2.45, 2.75) is 39.2 Å². The number of rotatable bonds is 6. The topological polar surface area (TPSA) is 36.9 Å². The summed E-state index contributed by atoms with van der Waals surface area (Å²) in [5.41, 5.74) is 3.35. The number of guanidine groups is 1. The zero-order valence-corrected chi connectivity index (χ0v) is 14.5. The van der Waals surface area contributed by atoms with E-state index in [0.717, 1.165) is 51.6 Å². The lowest BCUT2D eigenvalue weighted by molar-refractivity contribution is 0.128. The molecule has 4 nitrogen and oxygen atoms in total. The molecule has 3 rings (SSSR count). The maximum absolute atomic E-state index is 5.53. The number of benzene rings is 1. The lowest BCUT2D eigenvalue weighted by Gasteiger charge is -2.32. The summed E-state index contributed by atoms with van der Waals surface area (Å²) in [6, 6.07) is 8.75. The van der Waals surface area contributed by atoms with Gasteiger partial charge in [0.15, 0.2) is 5.96 Å². The van der Waals surface area contributed by atoms with E-state index >= 15 is 0 Å². The van der Waals surface area contributed by atoms with Gasteiger partial charge >= 0.3 is 0 Å². The molecule has 1 fully saturated rings. The van der Waals surface area contributed by atoms with Crippen LogP contribution in [0.25, 0.3) is 0 Å². The Balaban J connectivity index is 1.53. The SMILES string of the molecule is CCOCCC1(CNC(=NC)N2CCc3ccccc3C2)CC1. The second-order valence-electron chi connectivity index (χ2n) is 6.79. The van der Waals surface area contributed by atoms with Crippen molar-refractivity contribution in [1.29, 1.82) is 0 Å². The molecule has 1 saturated carbocycles. The van der Waals surface area contributed by atoms with Gasteiger partial charge in [0.2, 0.25) is 0 Å². The average molecular weight is 315 g/mol. The first-order chi connectivity index (χ1) is 11.3. The largest absolute Gasteiger partial charge is 0.382 e. The summed E-state index contributed by atoms with van der Waals surface area (Å²) in [5, 5.41) is 3.62. The second kappa shape index (κ2) is 7.35. The molecule has 1 heterocycles. The van der Waals surface area contributed by atoms with Gasteiger partial charge in [0.05, 0.1) is 0 Å². The van der Waals surface area contributed by atoms with Gasteiger partial charge in [-0.05, 0) is 49.1 Å². The molecular weight excluding hydrogens is 286 g/mol. The van der Waals surface area contributed by atoms with E-state index in [0.29, 0.717) is 5.41 Å². The first kappa shape index (κ1) is 16.3. The van der Waals surface area contributed by atoms with Crippen molar-refractivity contribution in [1.82, 2.24) is 10.2 Å². The van der Waals surface area contributed by atoms with E-state index in [1.165, 1.54) is 24.0 Å². The number of fused-ring (bicyclic) bond motifs is 1. The molecule has 0 spiro atoms. The van der Waals surface area contributed by atoms with E-state index < -0.39 is 0 Å². The molecule has 126 valence electrons. The highest BCUT2D eigenvalue weighted by Gasteiger charge is 2.42. The van der Waals surface area contributed by atoms with Crippen LogP contribution in [0, 0.1) is 5.41 Å². The van der Waals surface area contributed by atoms with Crippen molar-refractivity contribution in [3.8, 4) is 0 Å². The lowest BCUT2D eigenvalue weighted by atomic mass is 10.00. The van der Waals surface area contributed by atoms with Crippen LogP contribution < -0.4 is 5.32 Å². The molecular formula is C19H29N3O. The first-order valence-corrected chi connectivity index (χ1v) is 8.86. The first-order valence-electron chi connectivity index (χ1n) is 8.86. The third-order valence-corrected chi connectivity index (χ3v) is 5.20. The summed E-state index contributed by atoms with van der Waals surface area (Å²) in [6.45, 7) is 6.79. The number of aliphatic imine (C=N–C) groups is 1. The number of hydrogen-bond donors (Lipinski definition) is 1. The molecule has 0 unspecified atom stereocenters. The Hall–Kier alpha value is -1.55. The third kappa shape index (κ3) is 4.05. The summed E-state index contributed by atoms with van der Waals surface area (Å²) in [7, 11) is 1.89. The molecule has 1 aliphatic heterocycles. The van der Waals surface area contributed by atoms with Crippen molar-refractivity contribution in [3.05, 3.63) is 35.4 Å².